The zero-order valence-electron chi connectivity index (χ0n) is 16.7. The molecule has 1 aliphatic carbocycles. The number of hydrogen-bond donors (Lipinski definition) is 0. The highest BCUT2D eigenvalue weighted by Crippen LogP contribution is 2.34. The molecule has 0 saturated carbocycles. The molecular formula is C26H22F4. The molecule has 1 unspecified atom stereocenters. The number of aryl methyl sites for hydroxylation is 1. The molecule has 3 aromatic carbocycles. The van der Waals surface area contributed by atoms with Crippen LogP contribution in [0.4, 0.5) is 17.6 Å². The second-order valence-electron chi connectivity index (χ2n) is 7.93. The molecule has 30 heavy (non-hydrogen) atoms. The standard InChI is InChI=1S/C26H22F4/c1-16-5-14-22(26(30)24(16)28)20-12-8-18(9-13-20)15-17-6-10-19(11-7-17)21-3-2-4-23(27)25(21)29/h2-5,8-10,12-14,17H,6-7,11,15H2,1H3. The van der Waals surface area contributed by atoms with Crippen LogP contribution in [-0.2, 0) is 6.42 Å². The molecule has 1 atom stereocenters. The van der Waals surface area contributed by atoms with Gasteiger partial charge in [0.1, 0.15) is 0 Å². The number of halogens is 4. The highest BCUT2D eigenvalue weighted by Gasteiger charge is 2.19. The fourth-order valence-corrected chi connectivity index (χ4v) is 4.09. The van der Waals surface area contributed by atoms with Gasteiger partial charge in [-0.05, 0) is 66.9 Å². The average molecular weight is 410 g/mol. The highest BCUT2D eigenvalue weighted by molar-refractivity contribution is 5.67. The second-order valence-corrected chi connectivity index (χ2v) is 7.93. The Morgan fingerprint density at radius 2 is 1.57 bits per heavy atom. The summed E-state index contributed by atoms with van der Waals surface area (Å²) < 4.78 is 55.6. The summed E-state index contributed by atoms with van der Waals surface area (Å²) in [5.41, 5.74) is 3.51. The van der Waals surface area contributed by atoms with E-state index in [1.807, 2.05) is 30.3 Å². The minimum Gasteiger partial charge on any atom is -0.204 e. The number of benzene rings is 3. The highest BCUT2D eigenvalue weighted by atomic mass is 19.2. The molecule has 154 valence electrons. The Morgan fingerprint density at radius 1 is 0.800 bits per heavy atom. The van der Waals surface area contributed by atoms with Crippen LogP contribution in [0, 0.1) is 36.1 Å². The first-order chi connectivity index (χ1) is 14.4. The quantitative estimate of drug-likeness (QED) is 0.388. The van der Waals surface area contributed by atoms with Crippen molar-refractivity contribution in [1.29, 1.82) is 0 Å². The molecule has 0 fully saturated rings. The van der Waals surface area contributed by atoms with E-state index >= 15 is 0 Å². The first kappa shape index (κ1) is 20.4. The molecular weight excluding hydrogens is 388 g/mol. The van der Waals surface area contributed by atoms with E-state index in [1.54, 1.807) is 18.2 Å². The van der Waals surface area contributed by atoms with E-state index in [9.17, 15) is 17.6 Å². The molecule has 3 aromatic rings. The minimum atomic E-state index is -0.822. The van der Waals surface area contributed by atoms with Gasteiger partial charge >= 0.3 is 0 Å². The van der Waals surface area contributed by atoms with Crippen LogP contribution in [0.1, 0.15) is 36.0 Å². The third-order valence-electron chi connectivity index (χ3n) is 5.88. The normalized spacial score (nSPS) is 16.4. The van der Waals surface area contributed by atoms with E-state index in [2.05, 4.69) is 0 Å². The fraction of sp³-hybridized carbons (Fsp3) is 0.231. The summed E-state index contributed by atoms with van der Waals surface area (Å²) in [6.45, 7) is 1.54. The van der Waals surface area contributed by atoms with Gasteiger partial charge in [-0.2, -0.15) is 0 Å². The molecule has 0 spiro atoms. The first-order valence-electron chi connectivity index (χ1n) is 10.1. The van der Waals surface area contributed by atoms with Crippen molar-refractivity contribution in [1.82, 2.24) is 0 Å². The van der Waals surface area contributed by atoms with Crippen LogP contribution in [0.15, 0.2) is 60.7 Å². The molecule has 0 saturated heterocycles. The first-order valence-corrected chi connectivity index (χ1v) is 10.1. The molecule has 4 heteroatoms. The van der Waals surface area contributed by atoms with Crippen molar-refractivity contribution in [2.45, 2.75) is 32.6 Å². The average Bonchev–Trinajstić information content (AvgIpc) is 2.76. The maximum atomic E-state index is 14.2. The van der Waals surface area contributed by atoms with Crippen molar-refractivity contribution < 1.29 is 17.6 Å². The zero-order chi connectivity index (χ0) is 21.3. The summed E-state index contributed by atoms with van der Waals surface area (Å²) in [6.07, 6.45) is 5.24. The topological polar surface area (TPSA) is 0 Å². The van der Waals surface area contributed by atoms with Crippen molar-refractivity contribution in [3.63, 3.8) is 0 Å². The molecule has 0 amide bonds. The van der Waals surface area contributed by atoms with Crippen LogP contribution in [0.5, 0.6) is 0 Å². The predicted octanol–water partition coefficient (Wildman–Crippen LogP) is 7.64. The zero-order valence-corrected chi connectivity index (χ0v) is 16.7. The van der Waals surface area contributed by atoms with E-state index in [0.29, 0.717) is 23.5 Å². The van der Waals surface area contributed by atoms with Crippen LogP contribution in [0.25, 0.3) is 16.7 Å². The van der Waals surface area contributed by atoms with E-state index in [4.69, 9.17) is 0 Å². The fourth-order valence-electron chi connectivity index (χ4n) is 4.09. The smallest absolute Gasteiger partial charge is 0.166 e. The van der Waals surface area contributed by atoms with Gasteiger partial charge in [-0.25, -0.2) is 17.6 Å². The van der Waals surface area contributed by atoms with Crippen molar-refractivity contribution in [3.8, 4) is 11.1 Å². The third kappa shape index (κ3) is 4.04. The Hall–Kier alpha value is -2.88. The monoisotopic (exact) mass is 410 g/mol. The molecule has 0 aliphatic heterocycles. The second kappa shape index (κ2) is 8.47. The lowest BCUT2D eigenvalue weighted by Gasteiger charge is -2.22. The molecule has 0 bridgehead atoms. The van der Waals surface area contributed by atoms with Gasteiger partial charge in [-0.3, -0.25) is 0 Å². The van der Waals surface area contributed by atoms with Crippen LogP contribution in [-0.4, -0.2) is 0 Å². The summed E-state index contributed by atoms with van der Waals surface area (Å²) in [4.78, 5) is 0. The van der Waals surface area contributed by atoms with Gasteiger partial charge in [0.05, 0.1) is 0 Å². The van der Waals surface area contributed by atoms with Crippen LogP contribution in [0.2, 0.25) is 0 Å². The lowest BCUT2D eigenvalue weighted by molar-refractivity contribution is 0.478. The molecule has 1 aliphatic rings. The maximum Gasteiger partial charge on any atom is 0.166 e. The van der Waals surface area contributed by atoms with Crippen molar-refractivity contribution in [3.05, 3.63) is 101 Å². The Balaban J connectivity index is 1.44. The summed E-state index contributed by atoms with van der Waals surface area (Å²) in [5.74, 6) is -2.82. The lowest BCUT2D eigenvalue weighted by atomic mass is 9.83. The Bertz CT molecular complexity index is 1100. The third-order valence-corrected chi connectivity index (χ3v) is 5.88. The van der Waals surface area contributed by atoms with Crippen molar-refractivity contribution in [2.24, 2.45) is 5.92 Å². The lowest BCUT2D eigenvalue weighted by Crippen LogP contribution is -2.09. The van der Waals surface area contributed by atoms with Crippen molar-refractivity contribution >= 4 is 5.57 Å². The van der Waals surface area contributed by atoms with E-state index < -0.39 is 23.3 Å². The van der Waals surface area contributed by atoms with Crippen LogP contribution in [0.3, 0.4) is 0 Å². The van der Waals surface area contributed by atoms with Gasteiger partial charge in [0.2, 0.25) is 0 Å². The molecule has 0 aromatic heterocycles. The maximum absolute atomic E-state index is 14.2. The van der Waals surface area contributed by atoms with Crippen molar-refractivity contribution in [2.75, 3.05) is 0 Å². The number of allylic oxidation sites excluding steroid dienone is 2. The van der Waals surface area contributed by atoms with Gasteiger partial charge in [-0.15, -0.1) is 0 Å². The number of rotatable bonds is 4. The largest absolute Gasteiger partial charge is 0.204 e. The van der Waals surface area contributed by atoms with Gasteiger partial charge in [0.15, 0.2) is 23.3 Å². The predicted molar refractivity (Wildman–Crippen MR) is 112 cm³/mol. The molecule has 0 N–H and O–H groups in total. The van der Waals surface area contributed by atoms with Crippen LogP contribution < -0.4 is 0 Å². The van der Waals surface area contributed by atoms with Crippen LogP contribution >= 0.6 is 0 Å². The minimum absolute atomic E-state index is 0.256. The van der Waals surface area contributed by atoms with E-state index in [1.165, 1.54) is 13.0 Å². The summed E-state index contributed by atoms with van der Waals surface area (Å²) in [6, 6.07) is 15.0. The summed E-state index contributed by atoms with van der Waals surface area (Å²) in [7, 11) is 0. The van der Waals surface area contributed by atoms with Gasteiger partial charge in [0.25, 0.3) is 0 Å². The summed E-state index contributed by atoms with van der Waals surface area (Å²) >= 11 is 0. The SMILES string of the molecule is Cc1ccc(-c2ccc(CC3CC=C(c4cccc(F)c4F)CC3)cc2)c(F)c1F. The molecule has 0 nitrogen and oxygen atoms in total. The van der Waals surface area contributed by atoms with Gasteiger partial charge in [0, 0.05) is 11.1 Å². The Labute approximate surface area is 173 Å². The van der Waals surface area contributed by atoms with E-state index in [-0.39, 0.29) is 11.1 Å². The summed E-state index contributed by atoms with van der Waals surface area (Å²) in [5, 5.41) is 0. The Morgan fingerprint density at radius 3 is 2.27 bits per heavy atom. The molecule has 0 radical (unpaired) electrons. The molecule has 0 heterocycles. The number of hydrogen-bond acceptors (Lipinski definition) is 0. The van der Waals surface area contributed by atoms with Gasteiger partial charge < -0.3 is 0 Å². The van der Waals surface area contributed by atoms with Gasteiger partial charge in [-0.1, -0.05) is 54.6 Å². The molecule has 4 rings (SSSR count). The van der Waals surface area contributed by atoms with E-state index in [0.717, 1.165) is 36.5 Å². The Kier molecular flexibility index (Phi) is 5.76.